The Morgan fingerprint density at radius 2 is 1.48 bits per heavy atom. The summed E-state index contributed by atoms with van der Waals surface area (Å²) in [6.07, 6.45) is 0. The summed E-state index contributed by atoms with van der Waals surface area (Å²) >= 11 is 0. The third kappa shape index (κ3) is 2.55. The van der Waals surface area contributed by atoms with Gasteiger partial charge in [-0.2, -0.15) is 0 Å². The molecule has 5 rings (SSSR count). The number of piperazine rings is 1. The SMILES string of the molecule is CN1CCN(c2ccc3nc(-c4nc5ccccc5[nH]4)[nH]c3c2)CC1. The standard InChI is InChI=1S/C19H20N6/c1-24-8-10-25(11-9-24)13-6-7-16-17(12-13)23-19(22-16)18-20-14-4-2-3-5-15(14)21-18/h2-7,12H,8-11H2,1H3,(H,20,21)(H,22,23). The normalized spacial score (nSPS) is 16.1. The third-order valence-electron chi connectivity index (χ3n) is 4.95. The van der Waals surface area contributed by atoms with Crippen molar-refractivity contribution in [2.24, 2.45) is 0 Å². The first kappa shape index (κ1) is 14.5. The maximum Gasteiger partial charge on any atom is 0.174 e. The first-order valence-electron chi connectivity index (χ1n) is 8.65. The third-order valence-corrected chi connectivity index (χ3v) is 4.95. The van der Waals surface area contributed by atoms with E-state index in [1.807, 2.05) is 24.3 Å². The minimum Gasteiger partial charge on any atom is -0.369 e. The van der Waals surface area contributed by atoms with Gasteiger partial charge in [0.2, 0.25) is 0 Å². The predicted molar refractivity (Wildman–Crippen MR) is 101 cm³/mol. The van der Waals surface area contributed by atoms with Crippen LogP contribution in [-0.4, -0.2) is 58.1 Å². The summed E-state index contributed by atoms with van der Waals surface area (Å²) in [5.74, 6) is 1.56. The highest BCUT2D eigenvalue weighted by Crippen LogP contribution is 2.25. The minimum absolute atomic E-state index is 0.776. The lowest BCUT2D eigenvalue weighted by Gasteiger charge is -2.34. The van der Waals surface area contributed by atoms with E-state index >= 15 is 0 Å². The molecule has 6 heteroatoms. The van der Waals surface area contributed by atoms with Crippen molar-refractivity contribution in [3.63, 3.8) is 0 Å². The molecule has 1 fully saturated rings. The van der Waals surface area contributed by atoms with Crippen molar-refractivity contribution in [3.8, 4) is 11.6 Å². The Kier molecular flexibility index (Phi) is 3.24. The minimum atomic E-state index is 0.776. The lowest BCUT2D eigenvalue weighted by molar-refractivity contribution is 0.313. The molecule has 6 nitrogen and oxygen atoms in total. The molecule has 0 radical (unpaired) electrons. The summed E-state index contributed by atoms with van der Waals surface area (Å²) in [7, 11) is 2.18. The number of likely N-dealkylation sites (N-methyl/N-ethyl adjacent to an activating group) is 1. The van der Waals surface area contributed by atoms with Crippen LogP contribution < -0.4 is 4.90 Å². The molecule has 126 valence electrons. The molecule has 0 amide bonds. The fraction of sp³-hybridized carbons (Fsp3) is 0.263. The van der Waals surface area contributed by atoms with E-state index in [2.05, 4.69) is 50.0 Å². The van der Waals surface area contributed by atoms with Gasteiger partial charge in [0.05, 0.1) is 22.1 Å². The molecule has 0 aliphatic carbocycles. The van der Waals surface area contributed by atoms with Gasteiger partial charge in [-0.15, -0.1) is 0 Å². The van der Waals surface area contributed by atoms with Gasteiger partial charge in [-0.3, -0.25) is 0 Å². The fourth-order valence-corrected chi connectivity index (χ4v) is 3.44. The van der Waals surface area contributed by atoms with Gasteiger partial charge in [0, 0.05) is 31.9 Å². The van der Waals surface area contributed by atoms with Gasteiger partial charge in [0.15, 0.2) is 11.6 Å². The molecular weight excluding hydrogens is 312 g/mol. The number of aromatic amines is 2. The van der Waals surface area contributed by atoms with E-state index in [0.717, 1.165) is 59.9 Å². The van der Waals surface area contributed by atoms with E-state index in [1.165, 1.54) is 5.69 Å². The smallest absolute Gasteiger partial charge is 0.174 e. The molecule has 3 heterocycles. The second kappa shape index (κ2) is 5.60. The predicted octanol–water partition coefficient (Wildman–Crippen LogP) is 2.86. The topological polar surface area (TPSA) is 63.8 Å². The molecule has 1 saturated heterocycles. The number of hydrogen-bond acceptors (Lipinski definition) is 4. The van der Waals surface area contributed by atoms with E-state index in [-0.39, 0.29) is 0 Å². The number of H-pyrrole nitrogens is 2. The second-order valence-electron chi connectivity index (χ2n) is 6.68. The number of benzene rings is 2. The van der Waals surface area contributed by atoms with E-state index < -0.39 is 0 Å². The highest BCUT2D eigenvalue weighted by molar-refractivity contribution is 5.84. The van der Waals surface area contributed by atoms with Crippen molar-refractivity contribution >= 4 is 27.8 Å². The zero-order valence-electron chi connectivity index (χ0n) is 14.2. The van der Waals surface area contributed by atoms with Crippen LogP contribution in [0.15, 0.2) is 42.5 Å². The van der Waals surface area contributed by atoms with Crippen molar-refractivity contribution in [3.05, 3.63) is 42.5 Å². The molecule has 0 spiro atoms. The Bertz CT molecular complexity index is 1010. The van der Waals surface area contributed by atoms with Crippen LogP contribution in [-0.2, 0) is 0 Å². The number of anilines is 1. The van der Waals surface area contributed by atoms with Gasteiger partial charge in [-0.25, -0.2) is 9.97 Å². The first-order valence-corrected chi connectivity index (χ1v) is 8.65. The summed E-state index contributed by atoms with van der Waals surface area (Å²) in [5.41, 5.74) is 5.24. The maximum atomic E-state index is 4.70. The molecule has 0 atom stereocenters. The van der Waals surface area contributed by atoms with Crippen molar-refractivity contribution in [1.29, 1.82) is 0 Å². The van der Waals surface area contributed by atoms with Crippen molar-refractivity contribution in [1.82, 2.24) is 24.8 Å². The molecule has 2 N–H and O–H groups in total. The monoisotopic (exact) mass is 332 g/mol. The van der Waals surface area contributed by atoms with Crippen molar-refractivity contribution < 1.29 is 0 Å². The van der Waals surface area contributed by atoms with Crippen LogP contribution >= 0.6 is 0 Å². The highest BCUT2D eigenvalue weighted by Gasteiger charge is 2.16. The molecule has 2 aromatic heterocycles. The zero-order valence-corrected chi connectivity index (χ0v) is 14.2. The molecular formula is C19H20N6. The van der Waals surface area contributed by atoms with Crippen LogP contribution in [0.3, 0.4) is 0 Å². The Hall–Kier alpha value is -2.86. The number of fused-ring (bicyclic) bond motifs is 2. The van der Waals surface area contributed by atoms with Crippen LogP contribution in [0.2, 0.25) is 0 Å². The van der Waals surface area contributed by atoms with Gasteiger partial charge < -0.3 is 19.8 Å². The Morgan fingerprint density at radius 3 is 2.24 bits per heavy atom. The van der Waals surface area contributed by atoms with Gasteiger partial charge in [-0.05, 0) is 37.4 Å². The molecule has 4 aromatic rings. The first-order chi connectivity index (χ1) is 12.3. The van der Waals surface area contributed by atoms with Crippen molar-refractivity contribution in [2.45, 2.75) is 0 Å². The summed E-state index contributed by atoms with van der Waals surface area (Å²) in [6, 6.07) is 14.5. The lowest BCUT2D eigenvalue weighted by atomic mass is 10.2. The highest BCUT2D eigenvalue weighted by atomic mass is 15.2. The second-order valence-corrected chi connectivity index (χ2v) is 6.68. The van der Waals surface area contributed by atoms with Gasteiger partial charge in [-0.1, -0.05) is 12.1 Å². The van der Waals surface area contributed by atoms with E-state index in [4.69, 9.17) is 4.98 Å². The molecule has 25 heavy (non-hydrogen) atoms. The Labute approximate surface area is 145 Å². The Morgan fingerprint density at radius 1 is 0.800 bits per heavy atom. The average Bonchev–Trinajstić information content (AvgIpc) is 3.25. The number of imidazole rings is 2. The van der Waals surface area contributed by atoms with Crippen LogP contribution in [0.5, 0.6) is 0 Å². The number of nitrogens with one attached hydrogen (secondary N) is 2. The number of para-hydroxylation sites is 2. The van der Waals surface area contributed by atoms with Gasteiger partial charge in [0.1, 0.15) is 0 Å². The van der Waals surface area contributed by atoms with Crippen LogP contribution in [0, 0.1) is 0 Å². The molecule has 1 aliphatic heterocycles. The fourth-order valence-electron chi connectivity index (χ4n) is 3.44. The number of rotatable bonds is 2. The van der Waals surface area contributed by atoms with Crippen LogP contribution in [0.4, 0.5) is 5.69 Å². The van der Waals surface area contributed by atoms with Crippen molar-refractivity contribution in [2.75, 3.05) is 38.1 Å². The molecule has 0 bridgehead atoms. The van der Waals surface area contributed by atoms with E-state index in [9.17, 15) is 0 Å². The Balaban J connectivity index is 1.51. The molecule has 0 unspecified atom stereocenters. The number of nitrogens with zero attached hydrogens (tertiary/aromatic N) is 4. The maximum absolute atomic E-state index is 4.70. The molecule has 0 saturated carbocycles. The quantitative estimate of drug-likeness (QED) is 0.592. The largest absolute Gasteiger partial charge is 0.369 e. The van der Waals surface area contributed by atoms with Crippen LogP contribution in [0.1, 0.15) is 0 Å². The number of aromatic nitrogens is 4. The zero-order chi connectivity index (χ0) is 16.8. The van der Waals surface area contributed by atoms with E-state index in [0.29, 0.717) is 0 Å². The average molecular weight is 332 g/mol. The number of hydrogen-bond donors (Lipinski definition) is 2. The van der Waals surface area contributed by atoms with Gasteiger partial charge >= 0.3 is 0 Å². The summed E-state index contributed by atoms with van der Waals surface area (Å²) in [4.78, 5) is 20.9. The van der Waals surface area contributed by atoms with Gasteiger partial charge in [0.25, 0.3) is 0 Å². The van der Waals surface area contributed by atoms with E-state index in [1.54, 1.807) is 0 Å². The van der Waals surface area contributed by atoms with Crippen LogP contribution in [0.25, 0.3) is 33.7 Å². The summed E-state index contributed by atoms with van der Waals surface area (Å²) < 4.78 is 0. The summed E-state index contributed by atoms with van der Waals surface area (Å²) in [6.45, 7) is 4.33. The summed E-state index contributed by atoms with van der Waals surface area (Å²) in [5, 5.41) is 0. The molecule has 2 aromatic carbocycles. The molecule has 1 aliphatic rings. The lowest BCUT2D eigenvalue weighted by Crippen LogP contribution is -2.44.